The lowest BCUT2D eigenvalue weighted by Gasteiger charge is -2.40. The number of aldehydes is 1. The largest absolute Gasteiger partial charge is 0.501 e. The fourth-order valence-corrected chi connectivity index (χ4v) is 14.8. The number of carbonyl (C=O) groups is 4. The molecule has 4 aromatic rings. The number of carbonyl (C=O) groups excluding carboxylic acids is 4. The van der Waals surface area contributed by atoms with Gasteiger partial charge in [0.15, 0.2) is 0 Å². The number of sulfonamides is 1. The summed E-state index contributed by atoms with van der Waals surface area (Å²) in [5.74, 6) is 4.89. The Morgan fingerprint density at radius 3 is 2.17 bits per heavy atom. The molecule has 8 rings (SSSR count). The number of amides is 3. The highest BCUT2D eigenvalue weighted by Gasteiger charge is 2.49. The lowest BCUT2D eigenvalue weighted by molar-refractivity contribution is -0.118. The van der Waals surface area contributed by atoms with Crippen molar-refractivity contribution in [1.82, 2.24) is 24.3 Å². The first-order chi connectivity index (χ1) is 41.8. The number of alkyl halides is 5. The molecule has 88 heavy (non-hydrogen) atoms. The predicted octanol–water partition coefficient (Wildman–Crippen LogP) is 9.61. The van der Waals surface area contributed by atoms with E-state index in [9.17, 15) is 58.0 Å². The van der Waals surface area contributed by atoms with E-state index < -0.39 is 71.2 Å². The SMILES string of the molecule is CC(CCC(F)F)C1=C(CN2CCN(c3ccc(C(=O)NS(=O)(=O)c4ccc(N[C@H](CCN5CCN(CCCC#Cc6ccc7c(c6)CN(C(C=O)CCC(N)=O)C7=O)CC5)CSc5ccccc5)c(S(=O)(=O)C(F)(F)F)c4)cc3)CC2)CCC(C)(C)C1. The highest BCUT2D eigenvalue weighted by Crippen LogP contribution is 2.43. The number of rotatable bonds is 27. The van der Waals surface area contributed by atoms with E-state index in [0.29, 0.717) is 75.7 Å². The monoisotopic (exact) mass is 1280 g/mol. The maximum absolute atomic E-state index is 14.5. The number of primary amides is 1. The fraction of sp³-hybridized carbons (Fsp3) is 0.500. The van der Waals surface area contributed by atoms with Gasteiger partial charge < -0.3 is 35.4 Å². The topological polar surface area (TPSA) is 203 Å². The van der Waals surface area contributed by atoms with Crippen molar-refractivity contribution in [1.29, 1.82) is 0 Å². The number of nitrogens with zero attached hydrogens (tertiary/aromatic N) is 5. The number of unbranched alkanes of at least 4 members (excludes halogenated alkanes) is 1. The van der Waals surface area contributed by atoms with Crippen molar-refractivity contribution in [2.45, 2.75) is 130 Å². The van der Waals surface area contributed by atoms with Crippen molar-refractivity contribution in [2.75, 3.05) is 88.0 Å². The standard InChI is InChI=1S/C64H79F5N8O8S3/c1-45(13-23-59(65)66)56-40-63(2,3)27-25-48(56)41-75-34-36-76(37-35-75)51-17-15-47(16-18-51)61(80)72-88(84,85)54-20-22-57(58(39-54)87(82,83)64(67,68)69)71-50(44-86-53-11-7-4-8-12-53)26-29-74-32-30-73(31-33-74)28-9-5-6-10-46-14-21-55-49(38-46)42-77(62(55)81)52(43-78)19-24-60(70)79/h4,7-8,11-12,14-18,20-22,38-39,43,45,50,52,59,71H,5,9,13,19,23-37,40-42,44H2,1-3H3,(H2,70,79)(H,72,80)/t45?,50-,52?/m1/s1. The summed E-state index contributed by atoms with van der Waals surface area (Å²) in [5.41, 5.74) is 4.50. The van der Waals surface area contributed by atoms with Crippen molar-refractivity contribution in [3.05, 3.63) is 124 Å². The van der Waals surface area contributed by atoms with Gasteiger partial charge >= 0.3 is 5.51 Å². The van der Waals surface area contributed by atoms with Crippen LogP contribution in [0.1, 0.15) is 117 Å². The average molecular weight is 1280 g/mol. The number of nitrogens with one attached hydrogen (secondary N) is 2. The molecule has 3 amide bonds. The molecule has 24 heteroatoms. The number of anilines is 2. The minimum Gasteiger partial charge on any atom is -0.380 e. The lowest BCUT2D eigenvalue weighted by atomic mass is 9.70. The Kier molecular flexibility index (Phi) is 23.0. The predicted molar refractivity (Wildman–Crippen MR) is 331 cm³/mol. The molecule has 2 saturated heterocycles. The van der Waals surface area contributed by atoms with Crippen LogP contribution in [0.4, 0.5) is 33.3 Å². The van der Waals surface area contributed by atoms with Gasteiger partial charge in [-0.3, -0.25) is 19.3 Å². The molecule has 4 aliphatic rings. The summed E-state index contributed by atoms with van der Waals surface area (Å²) in [6.07, 6.45) is 3.48. The second-order valence-electron chi connectivity index (χ2n) is 24.0. The van der Waals surface area contributed by atoms with Gasteiger partial charge in [0.05, 0.1) is 16.6 Å². The third kappa shape index (κ3) is 18.2. The third-order valence-electron chi connectivity index (χ3n) is 17.0. The zero-order valence-corrected chi connectivity index (χ0v) is 52.5. The molecule has 476 valence electrons. The van der Waals surface area contributed by atoms with Crippen LogP contribution in [0.5, 0.6) is 0 Å². The van der Waals surface area contributed by atoms with E-state index in [2.05, 4.69) is 57.5 Å². The number of fused-ring (bicyclic) bond motifs is 1. The van der Waals surface area contributed by atoms with Crippen LogP contribution in [0.3, 0.4) is 0 Å². The van der Waals surface area contributed by atoms with Crippen molar-refractivity contribution < 1.29 is 58.0 Å². The third-order valence-corrected chi connectivity index (χ3v) is 21.0. The highest BCUT2D eigenvalue weighted by molar-refractivity contribution is 7.99. The van der Waals surface area contributed by atoms with Crippen molar-refractivity contribution in [3.8, 4) is 11.8 Å². The number of hydrogen-bond acceptors (Lipinski definition) is 14. The molecule has 4 aromatic carbocycles. The number of piperazine rings is 2. The zero-order chi connectivity index (χ0) is 63.4. The molecule has 0 spiro atoms. The summed E-state index contributed by atoms with van der Waals surface area (Å²) in [7, 11) is -11.1. The highest BCUT2D eigenvalue weighted by atomic mass is 32.2. The first kappa shape index (κ1) is 67.6. The molecule has 0 saturated carbocycles. The molecule has 0 bridgehead atoms. The Bertz CT molecular complexity index is 3440. The van der Waals surface area contributed by atoms with Crippen molar-refractivity contribution >= 4 is 67.0 Å². The van der Waals surface area contributed by atoms with E-state index in [4.69, 9.17) is 5.73 Å². The van der Waals surface area contributed by atoms with E-state index >= 15 is 0 Å². The Morgan fingerprint density at radius 1 is 0.830 bits per heavy atom. The molecule has 0 radical (unpaired) electrons. The van der Waals surface area contributed by atoms with Crippen LogP contribution in [0.25, 0.3) is 0 Å². The molecule has 2 fully saturated rings. The van der Waals surface area contributed by atoms with Crippen LogP contribution in [-0.4, -0.2) is 162 Å². The number of hydrogen-bond donors (Lipinski definition) is 3. The first-order valence-corrected chi connectivity index (χ1v) is 33.9. The van der Waals surface area contributed by atoms with E-state index in [1.165, 1.54) is 39.9 Å². The van der Waals surface area contributed by atoms with Gasteiger partial charge in [-0.15, -0.1) is 11.8 Å². The number of halogens is 5. The van der Waals surface area contributed by atoms with Crippen molar-refractivity contribution in [2.24, 2.45) is 17.1 Å². The Labute approximate surface area is 518 Å². The molecule has 0 aromatic heterocycles. The maximum Gasteiger partial charge on any atom is 0.501 e. The van der Waals surface area contributed by atoms with Crippen LogP contribution in [-0.2, 0) is 36.0 Å². The molecule has 4 N–H and O–H groups in total. The Morgan fingerprint density at radius 2 is 1.51 bits per heavy atom. The quantitative estimate of drug-likeness (QED) is 0.0127. The molecule has 3 heterocycles. The van der Waals surface area contributed by atoms with Crippen LogP contribution in [0.2, 0.25) is 0 Å². The van der Waals surface area contributed by atoms with Crippen LogP contribution >= 0.6 is 11.8 Å². The Balaban J connectivity index is 0.853. The van der Waals surface area contributed by atoms with Gasteiger partial charge in [-0.1, -0.05) is 62.0 Å². The van der Waals surface area contributed by atoms with E-state index in [0.717, 1.165) is 98.8 Å². The van der Waals surface area contributed by atoms with Crippen LogP contribution in [0, 0.1) is 23.2 Å². The van der Waals surface area contributed by atoms with Gasteiger partial charge in [-0.05, 0) is 141 Å². The second-order valence-corrected chi connectivity index (χ2v) is 28.7. The van der Waals surface area contributed by atoms with Gasteiger partial charge in [-0.25, -0.2) is 30.3 Å². The Hall–Kier alpha value is -6.36. The van der Waals surface area contributed by atoms with Gasteiger partial charge in [-0.2, -0.15) is 13.2 Å². The summed E-state index contributed by atoms with van der Waals surface area (Å²) in [5, 5.41) is 3.04. The summed E-state index contributed by atoms with van der Waals surface area (Å²) in [6.45, 7) is 14.5. The summed E-state index contributed by atoms with van der Waals surface area (Å²) < 4.78 is 126. The molecule has 3 atom stereocenters. The fourth-order valence-electron chi connectivity index (χ4n) is 11.8. The summed E-state index contributed by atoms with van der Waals surface area (Å²) in [6, 6.07) is 21.9. The van der Waals surface area contributed by atoms with Crippen LogP contribution < -0.4 is 20.7 Å². The zero-order valence-electron chi connectivity index (χ0n) is 50.0. The van der Waals surface area contributed by atoms with Gasteiger partial charge in [0.25, 0.3) is 31.7 Å². The number of benzene rings is 4. The normalized spacial score (nSPS) is 18.1. The van der Waals surface area contributed by atoms with E-state index in [-0.39, 0.29) is 48.6 Å². The lowest BCUT2D eigenvalue weighted by Crippen LogP contribution is -2.47. The maximum atomic E-state index is 14.5. The smallest absolute Gasteiger partial charge is 0.380 e. The molecule has 1 aliphatic carbocycles. The first-order valence-electron chi connectivity index (χ1n) is 29.9. The number of nitrogens with two attached hydrogens (primary N) is 1. The molecule has 3 aliphatic heterocycles. The minimum atomic E-state index is -6.14. The van der Waals surface area contributed by atoms with E-state index in [1.54, 1.807) is 24.3 Å². The van der Waals surface area contributed by atoms with Crippen molar-refractivity contribution in [3.63, 3.8) is 0 Å². The molecule has 2 unspecified atom stereocenters. The van der Waals surface area contributed by atoms with E-state index in [1.807, 2.05) is 41.1 Å². The van der Waals surface area contributed by atoms with Gasteiger partial charge in [0.1, 0.15) is 11.2 Å². The molecule has 16 nitrogen and oxygen atoms in total. The molecular formula is C64H79F5N8O8S3. The van der Waals surface area contributed by atoms with Gasteiger partial charge in [0.2, 0.25) is 12.3 Å². The number of thioether (sulfide) groups is 1. The molecular weight excluding hydrogens is 1200 g/mol. The number of allylic oxidation sites excluding steroid dienone is 1. The number of sulfone groups is 1. The van der Waals surface area contributed by atoms with Crippen LogP contribution in [0.15, 0.2) is 117 Å². The average Bonchev–Trinajstić information content (AvgIpc) is 2.20. The summed E-state index contributed by atoms with van der Waals surface area (Å²) in [4.78, 5) is 58.8. The van der Waals surface area contributed by atoms with Gasteiger partial charge in [0, 0.05) is 130 Å². The minimum absolute atomic E-state index is 0.00943. The second kappa shape index (κ2) is 30.0. The summed E-state index contributed by atoms with van der Waals surface area (Å²) >= 11 is 1.43.